The zero-order valence-corrected chi connectivity index (χ0v) is 11.2. The van der Waals surface area contributed by atoms with Crippen LogP contribution in [-0.4, -0.2) is 43.6 Å². The second-order valence-corrected chi connectivity index (χ2v) is 5.01. The number of hydrogen-bond donors (Lipinski definition) is 1. The van der Waals surface area contributed by atoms with Crippen molar-refractivity contribution in [2.45, 2.75) is 13.3 Å². The summed E-state index contributed by atoms with van der Waals surface area (Å²) in [6, 6.07) is 0. The van der Waals surface area contributed by atoms with Crippen LogP contribution in [0.5, 0.6) is 0 Å². The molecule has 0 bridgehead atoms. The van der Waals surface area contributed by atoms with Crippen LogP contribution in [-0.2, 0) is 9.53 Å². The van der Waals surface area contributed by atoms with Gasteiger partial charge in [-0.25, -0.2) is 9.78 Å². The van der Waals surface area contributed by atoms with Gasteiger partial charge in [-0.2, -0.15) is 0 Å². The maximum atomic E-state index is 11.5. The molecule has 98 valence electrons. The molecule has 1 aromatic heterocycles. The predicted molar refractivity (Wildman–Crippen MR) is 68.0 cm³/mol. The fraction of sp³-hybridized carbons (Fsp3) is 0.545. The van der Waals surface area contributed by atoms with Gasteiger partial charge in [-0.15, -0.1) is 0 Å². The van der Waals surface area contributed by atoms with Gasteiger partial charge < -0.3 is 15.0 Å². The number of amides is 1. The lowest BCUT2D eigenvalue weighted by Gasteiger charge is -2.16. The molecule has 0 spiro atoms. The van der Waals surface area contributed by atoms with Crippen molar-refractivity contribution in [1.82, 2.24) is 10.3 Å². The molecule has 18 heavy (non-hydrogen) atoms. The Labute approximate surface area is 109 Å². The summed E-state index contributed by atoms with van der Waals surface area (Å²) in [4.78, 5) is 29.7. The topological polar surface area (TPSA) is 71.5 Å². The van der Waals surface area contributed by atoms with E-state index in [1.165, 1.54) is 18.4 Å². The molecule has 0 aromatic carbocycles. The zero-order valence-electron chi connectivity index (χ0n) is 10.4. The number of aryl methyl sites for hydroxylation is 1. The smallest absolute Gasteiger partial charge is 0.350 e. The van der Waals surface area contributed by atoms with E-state index in [4.69, 9.17) is 4.74 Å². The van der Waals surface area contributed by atoms with Crippen LogP contribution < -0.4 is 10.2 Å². The predicted octanol–water partition coefficient (Wildman–Crippen LogP) is 0.564. The lowest BCUT2D eigenvalue weighted by molar-refractivity contribution is -0.119. The summed E-state index contributed by atoms with van der Waals surface area (Å²) in [5.74, 6) is -0.393. The number of carbonyl (C=O) groups excluding carboxylic acids is 2. The van der Waals surface area contributed by atoms with Gasteiger partial charge in [0.1, 0.15) is 4.88 Å². The molecule has 2 rings (SSSR count). The number of nitrogens with one attached hydrogen (secondary N) is 1. The molecule has 0 atom stereocenters. The van der Waals surface area contributed by atoms with Gasteiger partial charge in [0.15, 0.2) is 5.13 Å². The van der Waals surface area contributed by atoms with E-state index < -0.39 is 0 Å². The molecule has 1 amide bonds. The second kappa shape index (κ2) is 5.34. The number of carbonyl (C=O) groups is 2. The van der Waals surface area contributed by atoms with Crippen molar-refractivity contribution in [3.8, 4) is 0 Å². The Bertz CT molecular complexity index is 472. The number of ether oxygens (including phenoxy) is 1. The summed E-state index contributed by atoms with van der Waals surface area (Å²) < 4.78 is 4.70. The van der Waals surface area contributed by atoms with Gasteiger partial charge in [-0.1, -0.05) is 11.3 Å². The number of methoxy groups -OCH3 is 1. The maximum absolute atomic E-state index is 11.5. The molecule has 0 saturated carbocycles. The van der Waals surface area contributed by atoms with Crippen LogP contribution in [0, 0.1) is 6.92 Å². The summed E-state index contributed by atoms with van der Waals surface area (Å²) in [6.07, 6.45) is 0.873. The summed E-state index contributed by atoms with van der Waals surface area (Å²) in [6.45, 7) is 3.49. The highest BCUT2D eigenvalue weighted by molar-refractivity contribution is 7.17. The first kappa shape index (κ1) is 12.8. The Morgan fingerprint density at radius 1 is 1.56 bits per heavy atom. The molecule has 1 aromatic rings. The van der Waals surface area contributed by atoms with Crippen LogP contribution >= 0.6 is 11.3 Å². The van der Waals surface area contributed by atoms with E-state index in [2.05, 4.69) is 10.3 Å². The van der Waals surface area contributed by atoms with Crippen LogP contribution in [0.1, 0.15) is 21.8 Å². The largest absolute Gasteiger partial charge is 0.465 e. The number of aromatic nitrogens is 1. The van der Waals surface area contributed by atoms with Crippen molar-refractivity contribution in [3.05, 3.63) is 10.6 Å². The van der Waals surface area contributed by atoms with Crippen LogP contribution in [0.2, 0.25) is 0 Å². The van der Waals surface area contributed by atoms with Crippen molar-refractivity contribution in [3.63, 3.8) is 0 Å². The molecule has 0 unspecified atom stereocenters. The first-order chi connectivity index (χ1) is 8.61. The third-order valence-corrected chi connectivity index (χ3v) is 3.89. The quantitative estimate of drug-likeness (QED) is 0.795. The molecule has 1 aliphatic heterocycles. The molecule has 0 aliphatic carbocycles. The Kier molecular flexibility index (Phi) is 3.81. The zero-order chi connectivity index (χ0) is 13.1. The van der Waals surface area contributed by atoms with Crippen LogP contribution in [0.25, 0.3) is 0 Å². The molecule has 2 heterocycles. The molecular formula is C11H15N3O3S. The van der Waals surface area contributed by atoms with Gasteiger partial charge in [-0.05, 0) is 13.3 Å². The van der Waals surface area contributed by atoms with Crippen LogP contribution in [0.15, 0.2) is 0 Å². The van der Waals surface area contributed by atoms with Crippen molar-refractivity contribution in [2.24, 2.45) is 0 Å². The number of hydrogen-bond acceptors (Lipinski definition) is 6. The fourth-order valence-electron chi connectivity index (χ4n) is 1.77. The van der Waals surface area contributed by atoms with E-state index in [9.17, 15) is 9.59 Å². The number of esters is 1. The third-order valence-electron chi connectivity index (χ3n) is 2.69. The van der Waals surface area contributed by atoms with E-state index in [1.807, 2.05) is 4.90 Å². The standard InChI is InChI=1S/C11H15N3O3S/c1-7-9(10(16)17-2)18-11(13-7)14-5-3-4-12-8(15)6-14/h3-6H2,1-2H3,(H,12,15). The first-order valence-corrected chi connectivity index (χ1v) is 6.51. The number of nitrogens with zero attached hydrogens (tertiary/aromatic N) is 2. The molecule has 1 N–H and O–H groups in total. The van der Waals surface area contributed by atoms with Crippen LogP contribution in [0.3, 0.4) is 0 Å². The lowest BCUT2D eigenvalue weighted by Crippen LogP contribution is -2.32. The molecule has 1 aliphatic rings. The summed E-state index contributed by atoms with van der Waals surface area (Å²) in [5, 5.41) is 3.50. The molecule has 0 radical (unpaired) electrons. The Hall–Kier alpha value is -1.63. The SMILES string of the molecule is COC(=O)c1sc(N2CCCNC(=O)C2)nc1C. The van der Waals surface area contributed by atoms with Crippen molar-refractivity contribution < 1.29 is 14.3 Å². The number of rotatable bonds is 2. The molecule has 7 heteroatoms. The highest BCUT2D eigenvalue weighted by Gasteiger charge is 2.22. The maximum Gasteiger partial charge on any atom is 0.350 e. The highest BCUT2D eigenvalue weighted by Crippen LogP contribution is 2.27. The second-order valence-electron chi connectivity index (χ2n) is 4.03. The van der Waals surface area contributed by atoms with Gasteiger partial charge in [0.05, 0.1) is 19.3 Å². The monoisotopic (exact) mass is 269 g/mol. The fourth-order valence-corrected chi connectivity index (χ4v) is 2.78. The lowest BCUT2D eigenvalue weighted by atomic mass is 10.4. The Morgan fingerprint density at radius 3 is 3.06 bits per heavy atom. The van der Waals surface area contributed by atoms with E-state index >= 15 is 0 Å². The summed E-state index contributed by atoms with van der Waals surface area (Å²) >= 11 is 1.27. The van der Waals surface area contributed by atoms with Crippen LogP contribution in [0.4, 0.5) is 5.13 Å². The van der Waals surface area contributed by atoms with E-state index in [1.54, 1.807) is 6.92 Å². The Morgan fingerprint density at radius 2 is 2.33 bits per heavy atom. The normalized spacial score (nSPS) is 16.1. The van der Waals surface area contributed by atoms with Crippen molar-refractivity contribution >= 4 is 28.3 Å². The minimum absolute atomic E-state index is 0.0139. The average Bonchev–Trinajstić information content (AvgIpc) is 2.60. The van der Waals surface area contributed by atoms with Crippen molar-refractivity contribution in [1.29, 1.82) is 0 Å². The molecule has 1 saturated heterocycles. The van der Waals surface area contributed by atoms with E-state index in [0.29, 0.717) is 22.2 Å². The highest BCUT2D eigenvalue weighted by atomic mass is 32.1. The first-order valence-electron chi connectivity index (χ1n) is 5.69. The number of thiazole rings is 1. The van der Waals surface area contributed by atoms with Gasteiger partial charge in [0, 0.05) is 13.1 Å². The van der Waals surface area contributed by atoms with E-state index in [-0.39, 0.29) is 18.4 Å². The van der Waals surface area contributed by atoms with Gasteiger partial charge in [0.25, 0.3) is 0 Å². The van der Waals surface area contributed by atoms with Gasteiger partial charge in [-0.3, -0.25) is 4.79 Å². The van der Waals surface area contributed by atoms with Gasteiger partial charge in [0.2, 0.25) is 5.91 Å². The van der Waals surface area contributed by atoms with Crippen molar-refractivity contribution in [2.75, 3.05) is 31.6 Å². The minimum Gasteiger partial charge on any atom is -0.465 e. The molecule has 6 nitrogen and oxygen atoms in total. The van der Waals surface area contributed by atoms with Gasteiger partial charge >= 0.3 is 5.97 Å². The molecular weight excluding hydrogens is 254 g/mol. The van der Waals surface area contributed by atoms with E-state index in [0.717, 1.165) is 13.0 Å². The molecule has 1 fully saturated rings. The third kappa shape index (κ3) is 2.61. The summed E-state index contributed by atoms with van der Waals surface area (Å²) in [5.41, 5.74) is 0.645. The minimum atomic E-state index is -0.379. The average molecular weight is 269 g/mol. The number of anilines is 1. The summed E-state index contributed by atoms with van der Waals surface area (Å²) in [7, 11) is 1.35. The Balaban J connectivity index is 2.22.